The van der Waals surface area contributed by atoms with E-state index in [4.69, 9.17) is 8.83 Å². The number of hydrogen-bond donors (Lipinski definition) is 0. The van der Waals surface area contributed by atoms with Crippen LogP contribution in [0.15, 0.2) is 378 Å². The number of thiophene rings is 2. The van der Waals surface area contributed by atoms with Crippen molar-refractivity contribution in [2.45, 2.75) is 18.3 Å². The number of benzene rings is 17. The number of aromatic nitrogens is 4. The Labute approximate surface area is 694 Å². The molecule has 120 heavy (non-hydrogen) atoms. The van der Waals surface area contributed by atoms with Gasteiger partial charge in [0.15, 0.2) is 0 Å². The van der Waals surface area contributed by atoms with Crippen molar-refractivity contribution in [2.24, 2.45) is 5.92 Å². The molecule has 3 aliphatic rings. The average molecular weight is 1560 g/mol. The summed E-state index contributed by atoms with van der Waals surface area (Å²) in [4.78, 5) is 0. The smallest absolute Gasteiger partial charge is 0.137 e. The lowest BCUT2D eigenvalue weighted by Crippen LogP contribution is -2.30. The summed E-state index contributed by atoms with van der Waals surface area (Å²) in [5.74, 6) is -0.140. The van der Waals surface area contributed by atoms with Crippen LogP contribution in [-0.2, 0) is 6.42 Å². The third-order valence-electron chi connectivity index (χ3n) is 27.1. The van der Waals surface area contributed by atoms with Crippen molar-refractivity contribution < 1.29 is 8.83 Å². The molecule has 0 saturated carbocycles. The molecule has 0 radical (unpaired) electrons. The Morgan fingerprint density at radius 2 is 0.675 bits per heavy atom. The fourth-order valence-electron chi connectivity index (χ4n) is 22.2. The molecule has 0 spiro atoms. The molecule has 17 aromatic carbocycles. The number of hydrogen-bond acceptors (Lipinski definition) is 4. The second-order valence-electron chi connectivity index (χ2n) is 33.0. The van der Waals surface area contributed by atoms with Crippen LogP contribution in [0.3, 0.4) is 0 Å². The molecule has 0 N–H and O–H groups in total. The van der Waals surface area contributed by atoms with E-state index in [-0.39, 0.29) is 17.8 Å². The van der Waals surface area contributed by atoms with Crippen molar-refractivity contribution >= 4 is 206 Å². The maximum absolute atomic E-state index is 6.61. The van der Waals surface area contributed by atoms with Gasteiger partial charge in [0.25, 0.3) is 0 Å². The SMILES string of the molecule is C1=CC2C(c3ccc4c(c3)c3ccccc3n4-c3cccc4sc5ccccc5c34)=CC(c3ccc4c(c3)c3ccccc3n4-c3cccc4sc5ccccc5c34)C3=CCc4c(-c5ccc6c(c5)c5ccccc5n6-c5cccc6oc7ccccc7c56)cc(-c5ccc6c(c5)c5ccccc5n6-c5cccc6oc7ccccc7c56)c1c4C32. The van der Waals surface area contributed by atoms with Crippen LogP contribution in [0.4, 0.5) is 0 Å². The Morgan fingerprint density at radius 1 is 0.292 bits per heavy atom. The first kappa shape index (κ1) is 65.4. The molecule has 28 rings (SSSR count). The molecule has 3 aliphatic carbocycles. The van der Waals surface area contributed by atoms with E-state index in [0.717, 1.165) is 83.7 Å². The Hall–Kier alpha value is -14.8. The Balaban J connectivity index is 0.693. The van der Waals surface area contributed by atoms with Gasteiger partial charge in [-0.05, 0) is 214 Å². The van der Waals surface area contributed by atoms with E-state index in [1.54, 1.807) is 0 Å². The minimum Gasteiger partial charge on any atom is -0.456 e. The molecule has 8 heterocycles. The zero-order chi connectivity index (χ0) is 77.8. The van der Waals surface area contributed by atoms with Crippen molar-refractivity contribution in [2.75, 3.05) is 0 Å². The van der Waals surface area contributed by atoms with E-state index >= 15 is 0 Å². The number of fused-ring (bicyclic) bond motifs is 24. The summed E-state index contributed by atoms with van der Waals surface area (Å²) < 4.78 is 28.5. The van der Waals surface area contributed by atoms with E-state index in [1.807, 2.05) is 22.7 Å². The predicted octanol–water partition coefficient (Wildman–Crippen LogP) is 31.0. The van der Waals surface area contributed by atoms with Crippen molar-refractivity contribution in [3.8, 4) is 45.0 Å². The fraction of sp³-hybridized carbons (Fsp3) is 0.0357. The lowest BCUT2D eigenvalue weighted by Gasteiger charge is -2.44. The largest absolute Gasteiger partial charge is 0.456 e. The third-order valence-corrected chi connectivity index (χ3v) is 29.4. The van der Waals surface area contributed by atoms with E-state index < -0.39 is 0 Å². The van der Waals surface area contributed by atoms with Gasteiger partial charge in [-0.15, -0.1) is 22.7 Å². The highest BCUT2D eigenvalue weighted by molar-refractivity contribution is 7.26. The Kier molecular flexibility index (Phi) is 13.3. The Morgan fingerprint density at radius 3 is 1.18 bits per heavy atom. The number of nitrogens with zero attached hydrogens (tertiary/aromatic N) is 4. The monoisotopic (exact) mass is 1560 g/mol. The molecule has 0 amide bonds. The lowest BCUT2D eigenvalue weighted by atomic mass is 9.59. The highest BCUT2D eigenvalue weighted by atomic mass is 32.1. The zero-order valence-corrected chi connectivity index (χ0v) is 66.2. The first-order chi connectivity index (χ1) is 59.5. The molecule has 558 valence electrons. The number of furan rings is 2. The molecule has 0 bridgehead atoms. The maximum Gasteiger partial charge on any atom is 0.137 e. The summed E-state index contributed by atoms with van der Waals surface area (Å²) >= 11 is 3.76. The number of para-hydroxylation sites is 6. The van der Waals surface area contributed by atoms with Gasteiger partial charge >= 0.3 is 0 Å². The first-order valence-electron chi connectivity index (χ1n) is 41.6. The van der Waals surface area contributed by atoms with Gasteiger partial charge in [-0.2, -0.15) is 0 Å². The molecule has 3 atom stereocenters. The standard InChI is InChI=1S/C112H66N4O2S2/c1-9-29-87-67(21-1)83-57-63(45-53-91(83)113(87)95-33-17-39-101-109(95)75-25-5-13-37-99(75)117-101)79-61-80(64-46-54-92-84(58-64)68-22-2-10-30-88(68)114(92)96-34-18-40-102-110(96)76-26-6-14-38-100(76)118-102)72-50-52-74-82(66-48-56-94-86(60-66)70-24-4-12-32-90(70)116(94)98-36-20-44-106-112(98)78-28-8-16-42-104(78)120-106)62-81(73-51-49-71(79)107(72)108(73)74)65-47-55-93-85(59-65)69-23-3-11-31-89(69)115(93)97-35-19-43-105-111(97)77-27-7-15-41-103(77)119-105/h1-49,51-62,73,82,108H,50H2. The van der Waals surface area contributed by atoms with Crippen molar-refractivity contribution in [1.82, 2.24) is 18.3 Å². The highest BCUT2D eigenvalue weighted by Gasteiger charge is 2.44. The summed E-state index contributed by atoms with van der Waals surface area (Å²) in [6.07, 6.45) is 11.3. The quantitative estimate of drug-likeness (QED) is 0.142. The number of rotatable bonds is 8. The van der Waals surface area contributed by atoms with Crippen LogP contribution >= 0.6 is 22.7 Å². The van der Waals surface area contributed by atoms with Crippen LogP contribution in [0.2, 0.25) is 0 Å². The van der Waals surface area contributed by atoms with E-state index in [2.05, 4.69) is 388 Å². The fourth-order valence-corrected chi connectivity index (χ4v) is 24.5. The molecule has 8 aromatic heterocycles. The van der Waals surface area contributed by atoms with Gasteiger partial charge < -0.3 is 27.1 Å². The topological polar surface area (TPSA) is 46.0 Å². The van der Waals surface area contributed by atoms with Crippen molar-refractivity contribution in [1.29, 1.82) is 0 Å². The average Bonchev–Trinajstić information content (AvgIpc) is 0.757. The number of allylic oxidation sites excluding steroid dienone is 5. The molecule has 0 saturated heterocycles. The minimum atomic E-state index is -0.0864. The summed E-state index contributed by atoms with van der Waals surface area (Å²) in [5, 5.41) is 19.4. The van der Waals surface area contributed by atoms with Crippen molar-refractivity contribution in [3.63, 3.8) is 0 Å². The maximum atomic E-state index is 6.61. The van der Waals surface area contributed by atoms with E-state index in [1.165, 1.54) is 178 Å². The molecule has 8 heteroatoms. The van der Waals surface area contributed by atoms with Gasteiger partial charge in [0, 0.05) is 112 Å². The molecule has 0 aliphatic heterocycles. The molecule has 25 aromatic rings. The summed E-state index contributed by atoms with van der Waals surface area (Å²) in [6, 6.07) is 130. The second kappa shape index (κ2) is 24.4. The van der Waals surface area contributed by atoms with Gasteiger partial charge in [-0.25, -0.2) is 0 Å². The van der Waals surface area contributed by atoms with Crippen LogP contribution in [-0.4, -0.2) is 18.3 Å². The van der Waals surface area contributed by atoms with Crippen LogP contribution in [0, 0.1) is 5.92 Å². The molecule has 0 fully saturated rings. The third kappa shape index (κ3) is 8.94. The summed E-state index contributed by atoms with van der Waals surface area (Å²) in [6.45, 7) is 0. The van der Waals surface area contributed by atoms with Gasteiger partial charge in [0.1, 0.15) is 22.3 Å². The van der Waals surface area contributed by atoms with Crippen LogP contribution in [0.25, 0.3) is 228 Å². The van der Waals surface area contributed by atoms with Gasteiger partial charge in [-0.1, -0.05) is 224 Å². The summed E-state index contributed by atoms with van der Waals surface area (Å²) in [5.41, 5.74) is 31.8. The second-order valence-corrected chi connectivity index (χ2v) is 35.2. The van der Waals surface area contributed by atoms with Crippen LogP contribution in [0.5, 0.6) is 0 Å². The normalized spacial score (nSPS) is 15.4. The molecular formula is C112H66N4O2S2. The minimum absolute atomic E-state index is 0.0187. The highest BCUT2D eigenvalue weighted by Crippen LogP contribution is 2.61. The van der Waals surface area contributed by atoms with Gasteiger partial charge in [0.05, 0.1) is 77.7 Å². The Bertz CT molecular complexity index is 9020. The van der Waals surface area contributed by atoms with Gasteiger partial charge in [-0.3, -0.25) is 0 Å². The zero-order valence-electron chi connectivity index (χ0n) is 64.6. The molecular weight excluding hydrogens is 1500 g/mol. The van der Waals surface area contributed by atoms with E-state index in [9.17, 15) is 0 Å². The first-order valence-corrected chi connectivity index (χ1v) is 43.2. The molecule has 3 unspecified atom stereocenters. The van der Waals surface area contributed by atoms with Gasteiger partial charge in [0.2, 0.25) is 0 Å². The van der Waals surface area contributed by atoms with Crippen LogP contribution < -0.4 is 0 Å². The predicted molar refractivity (Wildman–Crippen MR) is 506 cm³/mol. The lowest BCUT2D eigenvalue weighted by molar-refractivity contribution is 0.606. The van der Waals surface area contributed by atoms with Crippen LogP contribution in [0.1, 0.15) is 39.7 Å². The van der Waals surface area contributed by atoms with Crippen molar-refractivity contribution in [3.05, 3.63) is 397 Å². The molecule has 6 nitrogen and oxygen atoms in total. The summed E-state index contributed by atoms with van der Waals surface area (Å²) in [7, 11) is 0. The van der Waals surface area contributed by atoms with E-state index in [0.29, 0.717) is 0 Å².